The van der Waals surface area contributed by atoms with Gasteiger partial charge in [-0.25, -0.2) is 4.98 Å². The molecule has 0 radical (unpaired) electrons. The molecule has 0 unspecified atom stereocenters. The lowest BCUT2D eigenvalue weighted by molar-refractivity contribution is 0.102. The lowest BCUT2D eigenvalue weighted by Crippen LogP contribution is -2.24. The first-order valence-corrected chi connectivity index (χ1v) is 8.88. The van der Waals surface area contributed by atoms with Crippen molar-refractivity contribution in [1.29, 1.82) is 0 Å². The topological polar surface area (TPSA) is 64.0 Å². The molecule has 27 heavy (non-hydrogen) atoms. The molecular formula is C22H19N3O2. The van der Waals surface area contributed by atoms with Crippen LogP contribution in [-0.2, 0) is 6.54 Å². The second-order valence-electron chi connectivity index (χ2n) is 6.46. The smallest absolute Gasteiger partial charge is 0.261 e. The summed E-state index contributed by atoms with van der Waals surface area (Å²) in [5.41, 5.74) is 1.92. The van der Waals surface area contributed by atoms with E-state index in [1.165, 1.54) is 0 Å². The normalized spacial score (nSPS) is 11.0. The summed E-state index contributed by atoms with van der Waals surface area (Å²) in [5, 5.41) is 5.31. The van der Waals surface area contributed by atoms with Crippen LogP contribution in [0.5, 0.6) is 0 Å². The number of anilines is 1. The van der Waals surface area contributed by atoms with Crippen LogP contribution in [0.25, 0.3) is 21.8 Å². The molecule has 0 spiro atoms. The molecule has 2 aromatic heterocycles. The zero-order chi connectivity index (χ0) is 19.0. The van der Waals surface area contributed by atoms with Gasteiger partial charge in [-0.2, -0.15) is 0 Å². The summed E-state index contributed by atoms with van der Waals surface area (Å²) in [4.78, 5) is 30.3. The largest absolute Gasteiger partial charge is 0.332 e. The van der Waals surface area contributed by atoms with Crippen molar-refractivity contribution in [2.75, 3.05) is 5.32 Å². The fourth-order valence-corrected chi connectivity index (χ4v) is 3.29. The maximum Gasteiger partial charge on any atom is 0.261 e. The van der Waals surface area contributed by atoms with E-state index in [2.05, 4.69) is 10.3 Å². The third-order valence-electron chi connectivity index (χ3n) is 4.68. The Bertz CT molecular complexity index is 1240. The van der Waals surface area contributed by atoms with Gasteiger partial charge in [0.2, 0.25) is 5.43 Å². The highest BCUT2D eigenvalue weighted by molar-refractivity contribution is 6.09. The number of benzene rings is 2. The van der Waals surface area contributed by atoms with Crippen molar-refractivity contribution in [3.05, 3.63) is 82.3 Å². The summed E-state index contributed by atoms with van der Waals surface area (Å²) in [6, 6.07) is 17.0. The lowest BCUT2D eigenvalue weighted by atomic mass is 10.1. The zero-order valence-electron chi connectivity index (χ0n) is 15.2. The molecule has 0 aliphatic rings. The van der Waals surface area contributed by atoms with Crippen molar-refractivity contribution < 1.29 is 4.79 Å². The molecule has 0 atom stereocenters. The summed E-state index contributed by atoms with van der Waals surface area (Å²) >= 11 is 0. The molecule has 5 heteroatoms. The van der Waals surface area contributed by atoms with Crippen LogP contribution in [0, 0.1) is 6.92 Å². The molecule has 0 aliphatic heterocycles. The number of aryl methyl sites for hydroxylation is 2. The molecule has 134 valence electrons. The highest BCUT2D eigenvalue weighted by Crippen LogP contribution is 2.23. The highest BCUT2D eigenvalue weighted by atomic mass is 16.2. The Hall–Kier alpha value is -3.47. The molecule has 4 aromatic rings. The van der Waals surface area contributed by atoms with Crippen molar-refractivity contribution in [2.24, 2.45) is 0 Å². The number of hydrogen-bond donors (Lipinski definition) is 1. The summed E-state index contributed by atoms with van der Waals surface area (Å²) in [6.07, 6.45) is 1.59. The second-order valence-corrected chi connectivity index (χ2v) is 6.46. The van der Waals surface area contributed by atoms with Crippen LogP contribution in [0.2, 0.25) is 0 Å². The van der Waals surface area contributed by atoms with Crippen LogP contribution in [0.1, 0.15) is 23.0 Å². The molecule has 4 rings (SSSR count). The Balaban J connectivity index is 1.82. The van der Waals surface area contributed by atoms with E-state index < -0.39 is 5.91 Å². The minimum Gasteiger partial charge on any atom is -0.332 e. The van der Waals surface area contributed by atoms with Gasteiger partial charge in [0.05, 0.1) is 5.39 Å². The maximum absolute atomic E-state index is 12.9. The fourth-order valence-electron chi connectivity index (χ4n) is 3.29. The SMILES string of the molecule is CCn1cc(C(=O)Nc2cccc3ccccc23)c(=O)c2ccc(C)nc21. The number of amides is 1. The van der Waals surface area contributed by atoms with Gasteiger partial charge in [-0.15, -0.1) is 0 Å². The van der Waals surface area contributed by atoms with Crippen LogP contribution >= 0.6 is 0 Å². The van der Waals surface area contributed by atoms with Gasteiger partial charge in [0, 0.05) is 29.5 Å². The Labute approximate surface area is 156 Å². The fraction of sp³-hybridized carbons (Fsp3) is 0.136. The molecule has 0 bridgehead atoms. The van der Waals surface area contributed by atoms with Crippen molar-refractivity contribution in [2.45, 2.75) is 20.4 Å². The number of rotatable bonds is 3. The third-order valence-corrected chi connectivity index (χ3v) is 4.68. The number of carbonyl (C=O) groups excluding carboxylic acids is 1. The number of fused-ring (bicyclic) bond motifs is 2. The molecule has 0 aliphatic carbocycles. The summed E-state index contributed by atoms with van der Waals surface area (Å²) in [5.74, 6) is -0.416. The summed E-state index contributed by atoms with van der Waals surface area (Å²) in [6.45, 7) is 4.45. The van der Waals surface area contributed by atoms with Gasteiger partial charge in [0.15, 0.2) is 0 Å². The minimum absolute atomic E-state index is 0.114. The van der Waals surface area contributed by atoms with Crippen molar-refractivity contribution in [1.82, 2.24) is 9.55 Å². The average molecular weight is 357 g/mol. The third kappa shape index (κ3) is 2.97. The summed E-state index contributed by atoms with van der Waals surface area (Å²) in [7, 11) is 0. The van der Waals surface area contributed by atoms with Gasteiger partial charge in [-0.1, -0.05) is 36.4 Å². The number of aromatic nitrogens is 2. The van der Waals surface area contributed by atoms with Gasteiger partial charge < -0.3 is 9.88 Å². The van der Waals surface area contributed by atoms with Crippen LogP contribution in [0.3, 0.4) is 0 Å². The molecule has 0 fully saturated rings. The van der Waals surface area contributed by atoms with Crippen LogP contribution in [-0.4, -0.2) is 15.5 Å². The van der Waals surface area contributed by atoms with E-state index in [0.717, 1.165) is 16.5 Å². The molecular weight excluding hydrogens is 338 g/mol. The van der Waals surface area contributed by atoms with Crippen molar-refractivity contribution in [3.63, 3.8) is 0 Å². The number of hydrogen-bond acceptors (Lipinski definition) is 3. The standard InChI is InChI=1S/C22H19N3O2/c1-3-25-13-18(20(26)17-12-11-14(2)23-21(17)25)22(27)24-19-10-6-8-15-7-4-5-9-16(15)19/h4-13H,3H2,1-2H3,(H,24,27). The molecule has 1 N–H and O–H groups in total. The van der Waals surface area contributed by atoms with E-state index in [-0.39, 0.29) is 11.0 Å². The van der Waals surface area contributed by atoms with Crippen molar-refractivity contribution in [3.8, 4) is 0 Å². The molecule has 2 heterocycles. The number of pyridine rings is 2. The Morgan fingerprint density at radius 1 is 1.04 bits per heavy atom. The van der Waals surface area contributed by atoms with Crippen molar-refractivity contribution >= 4 is 33.4 Å². The lowest BCUT2D eigenvalue weighted by Gasteiger charge is -2.12. The van der Waals surface area contributed by atoms with E-state index in [4.69, 9.17) is 0 Å². The zero-order valence-corrected chi connectivity index (χ0v) is 15.2. The second kappa shape index (κ2) is 6.68. The molecule has 5 nitrogen and oxygen atoms in total. The molecule has 2 aromatic carbocycles. The first-order chi connectivity index (χ1) is 13.1. The average Bonchev–Trinajstić information content (AvgIpc) is 2.68. The van der Waals surface area contributed by atoms with E-state index in [1.54, 1.807) is 18.3 Å². The van der Waals surface area contributed by atoms with Gasteiger partial charge >= 0.3 is 0 Å². The highest BCUT2D eigenvalue weighted by Gasteiger charge is 2.17. The van der Waals surface area contributed by atoms with Gasteiger partial charge in [0.1, 0.15) is 11.2 Å². The first kappa shape index (κ1) is 17.0. The molecule has 0 saturated heterocycles. The monoisotopic (exact) mass is 357 g/mol. The van der Waals surface area contributed by atoms with E-state index >= 15 is 0 Å². The van der Waals surface area contributed by atoms with Gasteiger partial charge in [-0.3, -0.25) is 9.59 Å². The Morgan fingerprint density at radius 3 is 2.63 bits per heavy atom. The predicted molar refractivity (Wildman–Crippen MR) is 108 cm³/mol. The van der Waals surface area contributed by atoms with Crippen LogP contribution in [0.15, 0.2) is 65.6 Å². The van der Waals surface area contributed by atoms with Gasteiger partial charge in [0.25, 0.3) is 5.91 Å². The number of nitrogens with zero attached hydrogens (tertiary/aromatic N) is 2. The quantitative estimate of drug-likeness (QED) is 0.600. The first-order valence-electron chi connectivity index (χ1n) is 8.88. The number of carbonyl (C=O) groups is 1. The van der Waals surface area contributed by atoms with Crippen LogP contribution in [0.4, 0.5) is 5.69 Å². The minimum atomic E-state index is -0.416. The summed E-state index contributed by atoms with van der Waals surface area (Å²) < 4.78 is 1.84. The van der Waals surface area contributed by atoms with E-state index in [0.29, 0.717) is 23.3 Å². The van der Waals surface area contributed by atoms with Gasteiger partial charge in [-0.05, 0) is 37.4 Å². The number of nitrogens with one attached hydrogen (secondary N) is 1. The van der Waals surface area contributed by atoms with Crippen LogP contribution < -0.4 is 10.7 Å². The molecule has 0 saturated carbocycles. The maximum atomic E-state index is 12.9. The Morgan fingerprint density at radius 2 is 1.81 bits per heavy atom. The predicted octanol–water partition coefficient (Wildman–Crippen LogP) is 4.13. The van der Waals surface area contributed by atoms with E-state index in [9.17, 15) is 9.59 Å². The molecule has 1 amide bonds. The van der Waals surface area contributed by atoms with E-state index in [1.807, 2.05) is 60.9 Å². The Kier molecular flexibility index (Phi) is 4.20.